The summed E-state index contributed by atoms with van der Waals surface area (Å²) in [5.41, 5.74) is 0.683. The Labute approximate surface area is 151 Å². The number of thioether (sulfide) groups is 1. The molecule has 1 aromatic heterocycles. The van der Waals surface area contributed by atoms with Crippen molar-refractivity contribution in [3.63, 3.8) is 0 Å². The second-order valence-corrected chi connectivity index (χ2v) is 6.96. The fraction of sp³-hybridized carbons (Fsp3) is 0.389. The van der Waals surface area contributed by atoms with Crippen molar-refractivity contribution in [1.29, 1.82) is 0 Å². The summed E-state index contributed by atoms with van der Waals surface area (Å²) in [5, 5.41) is 3.23. The zero-order valence-corrected chi connectivity index (χ0v) is 15.2. The Morgan fingerprint density at radius 2 is 2.08 bits per heavy atom. The van der Waals surface area contributed by atoms with Crippen molar-refractivity contribution in [2.45, 2.75) is 11.7 Å². The van der Waals surface area contributed by atoms with Crippen LogP contribution in [0.25, 0.3) is 0 Å². The molecular formula is C18H22N2O4S. The van der Waals surface area contributed by atoms with Gasteiger partial charge in [0.05, 0.1) is 25.7 Å². The number of hydrogen-bond donors (Lipinski definition) is 1. The Morgan fingerprint density at radius 1 is 1.24 bits per heavy atom. The van der Waals surface area contributed by atoms with E-state index < -0.39 is 0 Å². The first-order valence-corrected chi connectivity index (χ1v) is 9.19. The normalized spacial score (nSPS) is 17.7. The van der Waals surface area contributed by atoms with Crippen LogP contribution in [-0.4, -0.2) is 44.0 Å². The number of ether oxygens (including phenoxy) is 2. The molecule has 2 amide bonds. The number of amides is 2. The summed E-state index contributed by atoms with van der Waals surface area (Å²) in [6, 6.07) is 9.14. The van der Waals surface area contributed by atoms with Gasteiger partial charge in [0.1, 0.15) is 5.76 Å². The number of hydrogen-bond acceptors (Lipinski definition) is 5. The van der Waals surface area contributed by atoms with Gasteiger partial charge < -0.3 is 24.1 Å². The highest BCUT2D eigenvalue weighted by atomic mass is 32.2. The third-order valence-electron chi connectivity index (χ3n) is 4.12. The van der Waals surface area contributed by atoms with Crippen LogP contribution >= 0.6 is 11.8 Å². The molecule has 1 N–H and O–H groups in total. The van der Waals surface area contributed by atoms with Gasteiger partial charge in [0.15, 0.2) is 11.5 Å². The minimum atomic E-state index is -0.104. The van der Waals surface area contributed by atoms with Gasteiger partial charge in [-0.15, -0.1) is 11.8 Å². The van der Waals surface area contributed by atoms with Crippen LogP contribution in [0.15, 0.2) is 41.0 Å². The van der Waals surface area contributed by atoms with Crippen LogP contribution in [0.3, 0.4) is 0 Å². The lowest BCUT2D eigenvalue weighted by molar-refractivity contribution is 0.214. The van der Waals surface area contributed by atoms with E-state index in [1.807, 2.05) is 28.8 Å². The van der Waals surface area contributed by atoms with Gasteiger partial charge in [-0.25, -0.2) is 4.79 Å². The van der Waals surface area contributed by atoms with Crippen LogP contribution in [0.1, 0.15) is 17.4 Å². The average molecular weight is 362 g/mol. The Hall–Kier alpha value is -2.28. The van der Waals surface area contributed by atoms with Gasteiger partial charge in [0, 0.05) is 30.6 Å². The van der Waals surface area contributed by atoms with Crippen molar-refractivity contribution >= 4 is 23.5 Å². The van der Waals surface area contributed by atoms with E-state index in [0.29, 0.717) is 35.5 Å². The largest absolute Gasteiger partial charge is 0.493 e. The summed E-state index contributed by atoms with van der Waals surface area (Å²) in [5.74, 6) is 3.08. The SMILES string of the molecule is COc1ccc(NC(=O)N2CCSC(c3ccco3)CC2)cc1OC. The fourth-order valence-electron chi connectivity index (χ4n) is 2.79. The van der Waals surface area contributed by atoms with Gasteiger partial charge in [-0.3, -0.25) is 0 Å². The first-order valence-electron chi connectivity index (χ1n) is 8.14. The topological polar surface area (TPSA) is 63.9 Å². The lowest BCUT2D eigenvalue weighted by Crippen LogP contribution is -2.36. The number of anilines is 1. The zero-order chi connectivity index (χ0) is 17.6. The van der Waals surface area contributed by atoms with Gasteiger partial charge >= 0.3 is 6.03 Å². The highest BCUT2D eigenvalue weighted by Crippen LogP contribution is 2.35. The molecule has 2 aromatic rings. The molecule has 6 nitrogen and oxygen atoms in total. The van der Waals surface area contributed by atoms with Gasteiger partial charge in [0.25, 0.3) is 0 Å². The van der Waals surface area contributed by atoms with Gasteiger partial charge in [-0.1, -0.05) is 0 Å². The quantitative estimate of drug-likeness (QED) is 0.890. The molecule has 0 bridgehead atoms. The summed E-state index contributed by atoms with van der Waals surface area (Å²) in [4.78, 5) is 14.4. The van der Waals surface area contributed by atoms with Crippen molar-refractivity contribution in [2.75, 3.05) is 38.4 Å². The molecule has 0 saturated carbocycles. The minimum Gasteiger partial charge on any atom is -0.493 e. The van der Waals surface area contributed by atoms with Gasteiger partial charge in [-0.2, -0.15) is 0 Å². The molecule has 1 aliphatic heterocycles. The third-order valence-corrected chi connectivity index (χ3v) is 5.41. The molecule has 0 aliphatic carbocycles. The lowest BCUT2D eigenvalue weighted by Gasteiger charge is -2.21. The maximum Gasteiger partial charge on any atom is 0.321 e. The maximum atomic E-state index is 12.6. The molecule has 3 rings (SSSR count). The summed E-state index contributed by atoms with van der Waals surface area (Å²) in [6.45, 7) is 1.40. The minimum absolute atomic E-state index is 0.104. The van der Waals surface area contributed by atoms with E-state index in [-0.39, 0.29) is 6.03 Å². The molecule has 0 spiro atoms. The number of carbonyl (C=O) groups excluding carboxylic acids is 1. The van der Waals surface area contributed by atoms with Gasteiger partial charge in [0.2, 0.25) is 0 Å². The van der Waals surface area contributed by atoms with Gasteiger partial charge in [-0.05, 0) is 30.7 Å². The van der Waals surface area contributed by atoms with E-state index in [9.17, 15) is 4.79 Å². The Bertz CT molecular complexity index is 705. The number of urea groups is 1. The molecule has 25 heavy (non-hydrogen) atoms. The molecule has 1 unspecified atom stereocenters. The first-order chi connectivity index (χ1) is 12.2. The molecule has 1 atom stereocenters. The van der Waals surface area contributed by atoms with Crippen LogP contribution in [0.2, 0.25) is 0 Å². The van der Waals surface area contributed by atoms with Crippen molar-refractivity contribution in [3.05, 3.63) is 42.4 Å². The standard InChI is InChI=1S/C18H22N2O4S/c1-22-14-6-5-13(12-16(14)23-2)19-18(21)20-8-7-17(25-11-9-20)15-4-3-10-24-15/h3-6,10,12,17H,7-9,11H2,1-2H3,(H,19,21). The Morgan fingerprint density at radius 3 is 2.80 bits per heavy atom. The van der Waals surface area contributed by atoms with Crippen LogP contribution < -0.4 is 14.8 Å². The number of furan rings is 1. The number of rotatable bonds is 4. The average Bonchev–Trinajstić information content (AvgIpc) is 3.06. The van der Waals surface area contributed by atoms with E-state index in [1.165, 1.54) is 0 Å². The van der Waals surface area contributed by atoms with Crippen LogP contribution in [0, 0.1) is 0 Å². The molecule has 1 fully saturated rings. The lowest BCUT2D eigenvalue weighted by atomic mass is 10.2. The molecule has 1 aliphatic rings. The highest BCUT2D eigenvalue weighted by molar-refractivity contribution is 7.99. The van der Waals surface area contributed by atoms with E-state index >= 15 is 0 Å². The van der Waals surface area contributed by atoms with Crippen LogP contribution in [0.5, 0.6) is 11.5 Å². The van der Waals surface area contributed by atoms with E-state index in [4.69, 9.17) is 13.9 Å². The van der Waals surface area contributed by atoms with E-state index in [2.05, 4.69) is 5.32 Å². The molecule has 1 saturated heterocycles. The molecule has 134 valence electrons. The fourth-order valence-corrected chi connectivity index (χ4v) is 3.97. The van der Waals surface area contributed by atoms with E-state index in [0.717, 1.165) is 17.9 Å². The molecular weight excluding hydrogens is 340 g/mol. The van der Waals surface area contributed by atoms with Crippen molar-refractivity contribution in [1.82, 2.24) is 4.90 Å². The monoisotopic (exact) mass is 362 g/mol. The number of benzene rings is 1. The van der Waals surface area contributed by atoms with Crippen molar-refractivity contribution in [2.24, 2.45) is 0 Å². The first kappa shape index (κ1) is 17.5. The molecule has 1 aromatic carbocycles. The molecule has 2 heterocycles. The summed E-state index contributed by atoms with van der Waals surface area (Å²) < 4.78 is 16.0. The smallest absolute Gasteiger partial charge is 0.321 e. The Balaban J connectivity index is 1.61. The second kappa shape index (κ2) is 8.20. The van der Waals surface area contributed by atoms with Crippen molar-refractivity contribution < 1.29 is 18.7 Å². The van der Waals surface area contributed by atoms with E-state index in [1.54, 1.807) is 38.7 Å². The maximum absolute atomic E-state index is 12.6. The number of nitrogens with zero attached hydrogens (tertiary/aromatic N) is 1. The Kier molecular flexibility index (Phi) is 5.75. The molecule has 0 radical (unpaired) electrons. The van der Waals surface area contributed by atoms with Crippen LogP contribution in [0.4, 0.5) is 10.5 Å². The predicted octanol–water partition coefficient (Wildman–Crippen LogP) is 4.01. The number of carbonyl (C=O) groups is 1. The number of methoxy groups -OCH3 is 2. The predicted molar refractivity (Wildman–Crippen MR) is 98.7 cm³/mol. The summed E-state index contributed by atoms with van der Waals surface area (Å²) >= 11 is 1.83. The van der Waals surface area contributed by atoms with Crippen LogP contribution in [-0.2, 0) is 0 Å². The summed E-state index contributed by atoms with van der Waals surface area (Å²) in [7, 11) is 3.16. The summed E-state index contributed by atoms with van der Waals surface area (Å²) in [6.07, 6.45) is 2.57. The third kappa shape index (κ3) is 4.22. The highest BCUT2D eigenvalue weighted by Gasteiger charge is 2.23. The second-order valence-electron chi connectivity index (χ2n) is 5.65. The molecule has 7 heteroatoms. The zero-order valence-electron chi connectivity index (χ0n) is 14.4. The number of nitrogens with one attached hydrogen (secondary N) is 1. The van der Waals surface area contributed by atoms with Crippen molar-refractivity contribution in [3.8, 4) is 11.5 Å².